The second kappa shape index (κ2) is 12.5. The van der Waals surface area contributed by atoms with E-state index in [9.17, 15) is 14.4 Å². The monoisotopic (exact) mass is 619 g/mol. The van der Waals surface area contributed by atoms with E-state index in [0.29, 0.717) is 42.2 Å². The van der Waals surface area contributed by atoms with Gasteiger partial charge in [-0.15, -0.1) is 0 Å². The van der Waals surface area contributed by atoms with Gasteiger partial charge < -0.3 is 29.1 Å². The molecule has 2 fully saturated rings. The predicted octanol–water partition coefficient (Wildman–Crippen LogP) is 4.74. The minimum absolute atomic E-state index is 0.0326. The molecule has 3 aliphatic rings. The van der Waals surface area contributed by atoms with Crippen molar-refractivity contribution in [2.75, 3.05) is 63.3 Å². The number of fused-ring (bicyclic) bond motifs is 2. The van der Waals surface area contributed by atoms with Crippen LogP contribution in [0, 0.1) is 11.3 Å². The van der Waals surface area contributed by atoms with E-state index in [2.05, 4.69) is 35.6 Å². The van der Waals surface area contributed by atoms with Crippen LogP contribution in [-0.4, -0.2) is 91.2 Å². The van der Waals surface area contributed by atoms with Gasteiger partial charge in [0.2, 0.25) is 5.75 Å². The number of piperazine rings is 1. The SMILES string of the molecule is C=C(F)C(=O)N1CCN(c2nc(OC[C@@H]3CCCN3C)nc3c2OCC(c2cccc4cccc(Cl)c24)N3C)C[C@@H]1CC#N. The van der Waals surface area contributed by atoms with E-state index in [0.717, 1.165) is 35.7 Å². The number of aromatic nitrogens is 2. The highest BCUT2D eigenvalue weighted by atomic mass is 35.5. The van der Waals surface area contributed by atoms with E-state index >= 15 is 0 Å². The average molecular weight is 620 g/mol. The van der Waals surface area contributed by atoms with E-state index in [1.807, 2.05) is 42.3 Å². The van der Waals surface area contributed by atoms with Crippen LogP contribution in [0.25, 0.3) is 10.8 Å². The molecular formula is C32H35ClFN7O3. The quantitative estimate of drug-likeness (QED) is 0.347. The summed E-state index contributed by atoms with van der Waals surface area (Å²) in [6.45, 7) is 5.76. The summed E-state index contributed by atoms with van der Waals surface area (Å²) in [7, 11) is 4.05. The molecule has 1 amide bonds. The van der Waals surface area contributed by atoms with Gasteiger partial charge in [-0.05, 0) is 43.5 Å². The van der Waals surface area contributed by atoms with Crippen LogP contribution in [0.15, 0.2) is 48.8 Å². The van der Waals surface area contributed by atoms with E-state index in [1.165, 1.54) is 4.90 Å². The van der Waals surface area contributed by atoms with Gasteiger partial charge in [0.25, 0.3) is 5.91 Å². The van der Waals surface area contributed by atoms with Gasteiger partial charge in [0.05, 0.1) is 24.6 Å². The molecular weight excluding hydrogens is 585 g/mol. The number of halogens is 2. The van der Waals surface area contributed by atoms with Crippen LogP contribution in [0.2, 0.25) is 5.02 Å². The fourth-order valence-corrected chi connectivity index (χ4v) is 6.78. The van der Waals surface area contributed by atoms with Gasteiger partial charge in [0.1, 0.15) is 13.2 Å². The number of hydrogen-bond acceptors (Lipinski definition) is 9. The summed E-state index contributed by atoms with van der Waals surface area (Å²) in [4.78, 5) is 29.9. The second-order valence-corrected chi connectivity index (χ2v) is 12.0. The summed E-state index contributed by atoms with van der Waals surface area (Å²) < 4.78 is 26.5. The lowest BCUT2D eigenvalue weighted by molar-refractivity contribution is -0.131. The Kier molecular flexibility index (Phi) is 8.47. The third-order valence-corrected chi connectivity index (χ3v) is 9.23. The molecule has 6 rings (SSSR count). The summed E-state index contributed by atoms with van der Waals surface area (Å²) in [6, 6.07) is 13.8. The first-order valence-corrected chi connectivity index (χ1v) is 15.2. The lowest BCUT2D eigenvalue weighted by Crippen LogP contribution is -2.55. The van der Waals surface area contributed by atoms with Crippen molar-refractivity contribution in [1.82, 2.24) is 19.8 Å². The normalized spacial score (nSPS) is 22.0. The molecule has 0 spiro atoms. The number of nitriles is 1. The first-order chi connectivity index (χ1) is 21.3. The Labute approximate surface area is 261 Å². The molecule has 0 bridgehead atoms. The Hall–Kier alpha value is -4.14. The summed E-state index contributed by atoms with van der Waals surface area (Å²) in [5.41, 5.74) is 1.02. The molecule has 1 aromatic heterocycles. The number of likely N-dealkylation sites (tertiary alicyclic amines) is 1. The highest BCUT2D eigenvalue weighted by Crippen LogP contribution is 2.45. The van der Waals surface area contributed by atoms with Gasteiger partial charge >= 0.3 is 6.01 Å². The van der Waals surface area contributed by atoms with Gasteiger partial charge in [-0.2, -0.15) is 15.2 Å². The lowest BCUT2D eigenvalue weighted by Gasteiger charge is -2.42. The molecule has 2 saturated heterocycles. The van der Waals surface area contributed by atoms with Crippen molar-refractivity contribution in [1.29, 1.82) is 5.26 Å². The van der Waals surface area contributed by atoms with E-state index in [1.54, 1.807) is 0 Å². The number of rotatable bonds is 7. The van der Waals surface area contributed by atoms with Gasteiger partial charge in [-0.25, -0.2) is 4.39 Å². The Bertz CT molecular complexity index is 1630. The van der Waals surface area contributed by atoms with Crippen LogP contribution >= 0.6 is 11.6 Å². The summed E-state index contributed by atoms with van der Waals surface area (Å²) >= 11 is 6.69. The molecule has 10 nitrogen and oxygen atoms in total. The molecule has 0 saturated carbocycles. The van der Waals surface area contributed by atoms with Crippen LogP contribution in [0.5, 0.6) is 11.8 Å². The molecule has 3 aromatic rings. The van der Waals surface area contributed by atoms with Crippen LogP contribution in [0.3, 0.4) is 0 Å². The number of ether oxygens (including phenoxy) is 2. The third-order valence-electron chi connectivity index (χ3n) is 8.92. The van der Waals surface area contributed by atoms with Gasteiger partial charge in [0, 0.05) is 43.1 Å². The highest BCUT2D eigenvalue weighted by Gasteiger charge is 2.38. The van der Waals surface area contributed by atoms with Crippen LogP contribution in [0.1, 0.15) is 30.9 Å². The molecule has 0 aliphatic carbocycles. The topological polar surface area (TPSA) is 98.1 Å². The van der Waals surface area contributed by atoms with E-state index < -0.39 is 17.8 Å². The van der Waals surface area contributed by atoms with Crippen molar-refractivity contribution in [3.05, 3.63) is 59.4 Å². The predicted molar refractivity (Wildman–Crippen MR) is 167 cm³/mol. The Balaban J connectivity index is 1.37. The number of carbonyl (C=O) groups is 1. The summed E-state index contributed by atoms with van der Waals surface area (Å²) in [5.74, 6) is -0.270. The van der Waals surface area contributed by atoms with Crippen LogP contribution in [-0.2, 0) is 4.79 Å². The van der Waals surface area contributed by atoms with Crippen LogP contribution < -0.4 is 19.3 Å². The maximum atomic E-state index is 13.8. The second-order valence-electron chi connectivity index (χ2n) is 11.6. The first kappa shape index (κ1) is 29.9. The molecule has 4 heterocycles. The number of nitrogens with zero attached hydrogens (tertiary/aromatic N) is 7. The molecule has 0 radical (unpaired) electrons. The summed E-state index contributed by atoms with van der Waals surface area (Å²) in [5, 5.41) is 12.2. The van der Waals surface area contributed by atoms with Gasteiger partial charge in [-0.1, -0.05) is 48.5 Å². The number of anilines is 2. The van der Waals surface area contributed by atoms with E-state index in [-0.39, 0.29) is 37.6 Å². The van der Waals surface area contributed by atoms with Crippen LogP contribution in [0.4, 0.5) is 16.0 Å². The van der Waals surface area contributed by atoms with Crippen molar-refractivity contribution in [3.63, 3.8) is 0 Å². The van der Waals surface area contributed by atoms with Gasteiger partial charge in [-0.3, -0.25) is 4.79 Å². The largest absolute Gasteiger partial charge is 0.484 e. The number of carbonyl (C=O) groups excluding carboxylic acids is 1. The fourth-order valence-electron chi connectivity index (χ4n) is 6.49. The minimum atomic E-state index is -1.04. The maximum absolute atomic E-state index is 13.8. The Morgan fingerprint density at radius 1 is 1.16 bits per heavy atom. The number of benzene rings is 2. The van der Waals surface area contributed by atoms with Crippen molar-refractivity contribution >= 4 is 39.9 Å². The zero-order chi connectivity index (χ0) is 31.0. The number of hydrogen-bond donors (Lipinski definition) is 0. The Morgan fingerprint density at radius 3 is 2.66 bits per heavy atom. The smallest absolute Gasteiger partial charge is 0.320 e. The van der Waals surface area contributed by atoms with Crippen molar-refractivity contribution in [2.24, 2.45) is 0 Å². The Morgan fingerprint density at radius 2 is 1.93 bits per heavy atom. The zero-order valence-corrected chi connectivity index (χ0v) is 25.6. The number of amides is 1. The van der Waals surface area contributed by atoms with Crippen molar-refractivity contribution in [2.45, 2.75) is 37.4 Å². The molecule has 0 N–H and O–H groups in total. The molecule has 12 heteroatoms. The van der Waals surface area contributed by atoms with Gasteiger partial charge in [0.15, 0.2) is 17.5 Å². The molecule has 230 valence electrons. The fraction of sp³-hybridized carbons (Fsp3) is 0.438. The average Bonchev–Trinajstić information content (AvgIpc) is 3.44. The molecule has 44 heavy (non-hydrogen) atoms. The van der Waals surface area contributed by atoms with Crippen molar-refractivity contribution in [3.8, 4) is 17.8 Å². The third kappa shape index (κ3) is 5.60. The molecule has 1 unspecified atom stereocenters. The first-order valence-electron chi connectivity index (χ1n) is 14.8. The minimum Gasteiger partial charge on any atom is -0.484 e. The maximum Gasteiger partial charge on any atom is 0.320 e. The summed E-state index contributed by atoms with van der Waals surface area (Å²) in [6.07, 6.45) is 2.18. The lowest BCUT2D eigenvalue weighted by atomic mass is 9.97. The molecule has 3 atom stereocenters. The van der Waals surface area contributed by atoms with E-state index in [4.69, 9.17) is 31.0 Å². The number of likely N-dealkylation sites (N-methyl/N-ethyl adjacent to an activating group) is 2. The highest BCUT2D eigenvalue weighted by molar-refractivity contribution is 6.35. The zero-order valence-electron chi connectivity index (χ0n) is 24.9. The van der Waals surface area contributed by atoms with Crippen molar-refractivity contribution < 1.29 is 18.7 Å². The standard InChI is InChI=1S/C32H35ClFN7O3/c1-20(34)31(42)41-16-15-40(17-22(41)12-13-35)30-28-29(36-32(37-30)44-18-23-9-6-14-38(23)2)39(3)26(19-43-28)24-10-4-7-21-8-5-11-25(33)27(21)24/h4-5,7-8,10-11,22-23,26H,1,6,9,12,14-19H2,2-3H3/t22-,23-,26?/m0/s1. The molecule has 2 aromatic carbocycles. The molecule has 3 aliphatic heterocycles.